The number of rotatable bonds is 5. The Morgan fingerprint density at radius 1 is 0.534 bits per heavy atom. The first-order valence-electron chi connectivity index (χ1n) is 17.4. The highest BCUT2D eigenvalue weighted by Crippen LogP contribution is 2.37. The molecule has 4 N–H and O–H groups in total. The van der Waals surface area contributed by atoms with Crippen LogP contribution in [0.1, 0.15) is 23.0 Å². The SMILES string of the molecule is Cc1nccc(-c2cccnc2Cl)n1.Cc1nccc(-c2cccnc2Oc2c(C)ccc3c(N)cccc23)n1.Cc1nccc(Cl)n1.OB(O)c1cccnc1Cl. The number of aromatic nitrogens is 9. The molecule has 8 rings (SSSR count). The average Bonchev–Trinajstić information content (AvgIpc) is 3.20. The molecule has 0 amide bonds. The second-order valence-electron chi connectivity index (χ2n) is 12.1. The van der Waals surface area contributed by atoms with Crippen molar-refractivity contribution in [2.75, 3.05) is 5.73 Å². The van der Waals surface area contributed by atoms with Gasteiger partial charge in [-0.05, 0) is 87.9 Å². The normalized spacial score (nSPS) is 10.2. The number of hydrogen-bond acceptors (Lipinski definition) is 13. The van der Waals surface area contributed by atoms with Crippen LogP contribution in [0.3, 0.4) is 0 Å². The molecule has 0 aliphatic heterocycles. The number of nitrogens with zero attached hydrogens (tertiary/aromatic N) is 9. The quantitative estimate of drug-likeness (QED) is 0.0654. The second-order valence-corrected chi connectivity index (χ2v) is 13.2. The van der Waals surface area contributed by atoms with Crippen LogP contribution in [0.4, 0.5) is 5.69 Å². The zero-order chi connectivity index (χ0) is 41.6. The van der Waals surface area contributed by atoms with Gasteiger partial charge in [0.15, 0.2) is 0 Å². The second kappa shape index (κ2) is 20.8. The van der Waals surface area contributed by atoms with E-state index >= 15 is 0 Å². The minimum Gasteiger partial charge on any atom is -0.437 e. The Labute approximate surface area is 350 Å². The minimum atomic E-state index is -1.54. The summed E-state index contributed by atoms with van der Waals surface area (Å²) < 4.78 is 6.28. The van der Waals surface area contributed by atoms with Crippen LogP contribution < -0.4 is 15.9 Å². The van der Waals surface area contributed by atoms with E-state index in [-0.39, 0.29) is 10.6 Å². The predicted octanol–water partition coefficient (Wildman–Crippen LogP) is 8.04. The van der Waals surface area contributed by atoms with Crippen molar-refractivity contribution >= 4 is 63.8 Å². The summed E-state index contributed by atoms with van der Waals surface area (Å²) >= 11 is 16.9. The molecule has 0 spiro atoms. The largest absolute Gasteiger partial charge is 0.491 e. The van der Waals surface area contributed by atoms with Gasteiger partial charge in [-0.3, -0.25) is 0 Å². The molecule has 0 aliphatic carbocycles. The maximum atomic E-state index is 8.64. The molecule has 292 valence electrons. The van der Waals surface area contributed by atoms with Crippen molar-refractivity contribution in [2.24, 2.45) is 0 Å². The molecule has 0 fully saturated rings. The molecule has 0 bridgehead atoms. The molecule has 13 nitrogen and oxygen atoms in total. The Hall–Kier alpha value is -6.16. The molecule has 17 heteroatoms. The summed E-state index contributed by atoms with van der Waals surface area (Å²) in [6, 6.07) is 25.8. The Bertz CT molecular complexity index is 2610. The summed E-state index contributed by atoms with van der Waals surface area (Å²) in [5.74, 6) is 3.38. The van der Waals surface area contributed by atoms with Crippen molar-refractivity contribution in [1.82, 2.24) is 44.9 Å². The Morgan fingerprint density at radius 3 is 1.66 bits per heavy atom. The van der Waals surface area contributed by atoms with Crippen LogP contribution in [0, 0.1) is 27.7 Å². The van der Waals surface area contributed by atoms with Gasteiger partial charge in [-0.2, -0.15) is 0 Å². The first-order valence-corrected chi connectivity index (χ1v) is 18.6. The van der Waals surface area contributed by atoms with Crippen LogP contribution in [0.25, 0.3) is 33.3 Å². The third-order valence-electron chi connectivity index (χ3n) is 7.88. The molecular formula is C41H36BCl3N10O3. The van der Waals surface area contributed by atoms with Crippen LogP contribution >= 0.6 is 34.8 Å². The molecule has 0 atom stereocenters. The highest BCUT2D eigenvalue weighted by Gasteiger charge is 2.15. The lowest BCUT2D eigenvalue weighted by molar-refractivity contribution is 0.425. The fourth-order valence-corrected chi connectivity index (χ4v) is 5.78. The molecule has 6 heterocycles. The topological polar surface area (TPSA) is 192 Å². The lowest BCUT2D eigenvalue weighted by Crippen LogP contribution is -2.31. The third kappa shape index (κ3) is 11.9. The Morgan fingerprint density at radius 2 is 1.10 bits per heavy atom. The number of nitrogens with two attached hydrogens (primary N) is 1. The number of aryl methyl sites for hydroxylation is 4. The van der Waals surface area contributed by atoms with Gasteiger partial charge in [-0.1, -0.05) is 65.1 Å². The number of benzene rings is 2. The summed E-state index contributed by atoms with van der Waals surface area (Å²) in [7, 11) is -1.54. The van der Waals surface area contributed by atoms with Gasteiger partial charge in [-0.25, -0.2) is 44.9 Å². The standard InChI is InChI=1S/C21H18N4O.C10H8ClN3.C5H5BClNO2.C5H5ClN2/c1-13-8-9-15-16(5-3-7-18(15)22)20(13)26-21-17(6-4-11-24-21)19-10-12-23-14(2)25-19;1-7-12-6-4-9(14-7)8-3-2-5-13-10(8)11;7-5-4(6(9)10)2-1-3-8-5;1-4-7-3-2-5(6)8-4/h3-12H,22H2,1-2H3;2-6H,1H3;1-3,9-10H;2-3H,1H3. The Balaban J connectivity index is 0.000000167. The van der Waals surface area contributed by atoms with Gasteiger partial charge in [0, 0.05) is 64.7 Å². The van der Waals surface area contributed by atoms with E-state index in [0.29, 0.717) is 27.8 Å². The number of anilines is 1. The number of fused-ring (bicyclic) bond motifs is 1. The lowest BCUT2D eigenvalue weighted by atomic mass is 9.82. The van der Waals surface area contributed by atoms with Crippen LogP contribution in [-0.2, 0) is 0 Å². The molecule has 8 aromatic rings. The molecule has 0 unspecified atom stereocenters. The van der Waals surface area contributed by atoms with E-state index in [1.165, 1.54) is 12.3 Å². The van der Waals surface area contributed by atoms with E-state index in [1.54, 1.807) is 50.0 Å². The zero-order valence-corrected chi connectivity index (χ0v) is 33.9. The summed E-state index contributed by atoms with van der Waals surface area (Å²) in [4.78, 5) is 36.7. The van der Waals surface area contributed by atoms with Gasteiger partial charge in [0.05, 0.1) is 17.0 Å². The molecule has 0 aliphatic rings. The van der Waals surface area contributed by atoms with E-state index in [9.17, 15) is 0 Å². The van der Waals surface area contributed by atoms with E-state index < -0.39 is 7.12 Å². The van der Waals surface area contributed by atoms with Crippen molar-refractivity contribution in [3.05, 3.63) is 161 Å². The number of hydrogen-bond donors (Lipinski definition) is 3. The molecule has 6 aromatic heterocycles. The van der Waals surface area contributed by atoms with Crippen LogP contribution in [0.5, 0.6) is 11.6 Å². The molecule has 0 saturated heterocycles. The monoisotopic (exact) mass is 832 g/mol. The first-order chi connectivity index (χ1) is 27.9. The van der Waals surface area contributed by atoms with Gasteiger partial charge in [-0.15, -0.1) is 0 Å². The van der Waals surface area contributed by atoms with Gasteiger partial charge in [0.1, 0.15) is 38.7 Å². The van der Waals surface area contributed by atoms with Crippen molar-refractivity contribution in [3.63, 3.8) is 0 Å². The highest BCUT2D eigenvalue weighted by atomic mass is 35.5. The number of halogens is 3. The van der Waals surface area contributed by atoms with E-state index in [0.717, 1.165) is 56.1 Å². The van der Waals surface area contributed by atoms with Crippen molar-refractivity contribution < 1.29 is 14.8 Å². The number of nitrogen functional groups attached to an aromatic ring is 1. The summed E-state index contributed by atoms with van der Waals surface area (Å²) in [6.45, 7) is 7.51. The summed E-state index contributed by atoms with van der Waals surface area (Å²) in [6.07, 6.45) is 9.92. The van der Waals surface area contributed by atoms with Gasteiger partial charge in [0.25, 0.3) is 0 Å². The maximum Gasteiger partial charge on any atom is 0.491 e. The number of pyridine rings is 3. The lowest BCUT2D eigenvalue weighted by Gasteiger charge is -2.14. The maximum absolute atomic E-state index is 8.64. The van der Waals surface area contributed by atoms with E-state index in [2.05, 4.69) is 44.9 Å². The van der Waals surface area contributed by atoms with E-state index in [1.807, 2.05) is 87.5 Å². The molecule has 0 saturated carbocycles. The zero-order valence-electron chi connectivity index (χ0n) is 31.7. The molecule has 2 aromatic carbocycles. The minimum absolute atomic E-state index is 0.123. The number of ether oxygens (including phenoxy) is 1. The highest BCUT2D eigenvalue weighted by molar-refractivity contribution is 6.62. The molecule has 58 heavy (non-hydrogen) atoms. The van der Waals surface area contributed by atoms with Crippen molar-refractivity contribution in [1.29, 1.82) is 0 Å². The van der Waals surface area contributed by atoms with Crippen LogP contribution in [0.15, 0.2) is 122 Å². The van der Waals surface area contributed by atoms with Crippen molar-refractivity contribution in [3.8, 4) is 34.1 Å². The van der Waals surface area contributed by atoms with Crippen LogP contribution in [-0.4, -0.2) is 62.0 Å². The smallest absolute Gasteiger partial charge is 0.437 e. The van der Waals surface area contributed by atoms with Crippen molar-refractivity contribution in [2.45, 2.75) is 27.7 Å². The fraction of sp³-hybridized carbons (Fsp3) is 0.0976. The Kier molecular flexibility index (Phi) is 15.4. The van der Waals surface area contributed by atoms with Gasteiger partial charge < -0.3 is 20.5 Å². The fourth-order valence-electron chi connectivity index (χ4n) is 5.17. The third-order valence-corrected chi connectivity index (χ3v) is 8.71. The summed E-state index contributed by atoms with van der Waals surface area (Å²) in [5.41, 5.74) is 11.3. The summed E-state index contributed by atoms with van der Waals surface area (Å²) in [5, 5.41) is 20.3. The average molecular weight is 834 g/mol. The van der Waals surface area contributed by atoms with Gasteiger partial charge in [0.2, 0.25) is 5.88 Å². The first kappa shape index (κ1) is 43.0. The predicted molar refractivity (Wildman–Crippen MR) is 229 cm³/mol. The van der Waals surface area contributed by atoms with Crippen LogP contribution in [0.2, 0.25) is 15.5 Å². The molecule has 0 radical (unpaired) electrons. The molecular weight excluding hydrogens is 798 g/mol. The van der Waals surface area contributed by atoms with E-state index in [4.69, 9.17) is 55.3 Å². The van der Waals surface area contributed by atoms with Gasteiger partial charge >= 0.3 is 7.12 Å².